The maximum atomic E-state index is 5.98. The zero-order valence-electron chi connectivity index (χ0n) is 11.6. The van der Waals surface area contributed by atoms with Crippen molar-refractivity contribution in [3.8, 4) is 0 Å². The average molecular weight is 404 g/mol. The molecule has 0 aliphatic heterocycles. The fourth-order valence-corrected chi connectivity index (χ4v) is 3.24. The molecule has 1 heterocycles. The molecule has 0 unspecified atom stereocenters. The van der Waals surface area contributed by atoms with Gasteiger partial charge in [0.2, 0.25) is 0 Å². The molecule has 0 aromatic carbocycles. The van der Waals surface area contributed by atoms with Gasteiger partial charge in [0.15, 0.2) is 0 Å². The third-order valence-corrected chi connectivity index (χ3v) is 5.10. The molecular formula is C16H20Br2O2. The van der Waals surface area contributed by atoms with Crippen LogP contribution in [0.4, 0.5) is 0 Å². The van der Waals surface area contributed by atoms with Crippen LogP contribution in [0.3, 0.4) is 0 Å². The Balaban J connectivity index is 2.29. The van der Waals surface area contributed by atoms with Crippen LogP contribution in [-0.4, -0.2) is 5.33 Å². The first-order valence-corrected chi connectivity index (χ1v) is 9.13. The molecule has 0 saturated heterocycles. The number of rotatable bonds is 6. The average Bonchev–Trinajstić information content (AvgIpc) is 2.97. The van der Waals surface area contributed by atoms with Gasteiger partial charge in [0, 0.05) is 0 Å². The Morgan fingerprint density at radius 1 is 1.20 bits per heavy atom. The van der Waals surface area contributed by atoms with Crippen LogP contribution < -0.4 is 0 Å². The van der Waals surface area contributed by atoms with Crippen LogP contribution >= 0.6 is 31.9 Å². The Bertz CT molecular complexity index is 484. The van der Waals surface area contributed by atoms with Gasteiger partial charge in [-0.25, -0.2) is 0 Å². The Morgan fingerprint density at radius 3 is 2.45 bits per heavy atom. The molecule has 1 aliphatic rings. The highest BCUT2D eigenvalue weighted by molar-refractivity contribution is 9.09. The van der Waals surface area contributed by atoms with Gasteiger partial charge in [-0.2, -0.15) is 0 Å². The topological polar surface area (TPSA) is 22.4 Å². The van der Waals surface area contributed by atoms with E-state index in [-0.39, 0.29) is 5.41 Å². The Morgan fingerprint density at radius 2 is 1.90 bits per heavy atom. The largest absolute Gasteiger partial charge is 0.465 e. The molecule has 2 nitrogen and oxygen atoms in total. The summed E-state index contributed by atoms with van der Waals surface area (Å²) in [6.45, 7) is 8.06. The smallest absolute Gasteiger partial charge is 0.117 e. The van der Waals surface area contributed by atoms with Gasteiger partial charge in [-0.05, 0) is 25.0 Å². The second-order valence-corrected chi connectivity index (χ2v) is 6.36. The normalized spacial score (nSPS) is 17.7. The van der Waals surface area contributed by atoms with Crippen molar-refractivity contribution in [3.05, 3.63) is 48.3 Å². The van der Waals surface area contributed by atoms with Gasteiger partial charge in [0.05, 0.1) is 16.1 Å². The number of hydrogen-bond donors (Lipinski definition) is 0. The fourth-order valence-electron chi connectivity index (χ4n) is 2.82. The minimum absolute atomic E-state index is 0.205. The van der Waals surface area contributed by atoms with E-state index >= 15 is 0 Å². The molecule has 110 valence electrons. The zero-order valence-corrected chi connectivity index (χ0v) is 14.8. The zero-order chi connectivity index (χ0) is 14.6. The molecule has 1 aromatic heterocycles. The summed E-state index contributed by atoms with van der Waals surface area (Å²) in [7, 11) is 0. The van der Waals surface area contributed by atoms with E-state index in [1.807, 2.05) is 6.07 Å². The van der Waals surface area contributed by atoms with Crippen LogP contribution in [0.1, 0.15) is 43.6 Å². The molecule has 4 heteroatoms. The van der Waals surface area contributed by atoms with Crippen molar-refractivity contribution in [2.24, 2.45) is 0 Å². The molecule has 1 aliphatic carbocycles. The van der Waals surface area contributed by atoms with E-state index in [1.165, 1.54) is 19.3 Å². The fraction of sp³-hybridized carbons (Fsp3) is 0.500. The highest BCUT2D eigenvalue weighted by Crippen LogP contribution is 2.46. The van der Waals surface area contributed by atoms with Gasteiger partial charge in [-0.15, -0.1) is 0 Å². The molecular weight excluding hydrogens is 384 g/mol. The summed E-state index contributed by atoms with van der Waals surface area (Å²) in [6, 6.07) is 4.08. The second-order valence-electron chi connectivity index (χ2n) is 5.24. The van der Waals surface area contributed by atoms with Gasteiger partial charge < -0.3 is 9.15 Å². The highest BCUT2D eigenvalue weighted by atomic mass is 79.9. The predicted molar refractivity (Wildman–Crippen MR) is 89.3 cm³/mol. The van der Waals surface area contributed by atoms with Crippen molar-refractivity contribution in [1.82, 2.24) is 0 Å². The molecule has 0 atom stereocenters. The van der Waals surface area contributed by atoms with Crippen LogP contribution in [-0.2, 0) is 15.5 Å². The van der Waals surface area contributed by atoms with E-state index in [0.29, 0.717) is 11.1 Å². The number of allylic oxidation sites excluding steroid dienone is 2. The second kappa shape index (κ2) is 6.99. The minimum Gasteiger partial charge on any atom is -0.465 e. The number of hydrogen-bond acceptors (Lipinski definition) is 2. The van der Waals surface area contributed by atoms with Gasteiger partial charge in [-0.3, -0.25) is 0 Å². The van der Waals surface area contributed by atoms with Crippen molar-refractivity contribution in [1.29, 1.82) is 0 Å². The van der Waals surface area contributed by atoms with E-state index in [1.54, 1.807) is 0 Å². The predicted octanol–water partition coefficient (Wildman–Crippen LogP) is 5.82. The standard InChI is InChI=1S/C16H20Br2O2/c1-12(10-17)19-13(2)16(8-4-3-5-9-16)15-7-6-14(11-18)20-15/h6-7H,1-5,8-11H2. The molecule has 20 heavy (non-hydrogen) atoms. The van der Waals surface area contributed by atoms with Crippen LogP contribution in [0, 0.1) is 0 Å². The van der Waals surface area contributed by atoms with E-state index in [4.69, 9.17) is 9.15 Å². The Labute approximate surface area is 137 Å². The maximum absolute atomic E-state index is 5.98. The SMILES string of the molecule is C=C(CBr)OC(=C)C1(c2ccc(CBr)o2)CCCCC1. The van der Waals surface area contributed by atoms with Crippen LogP contribution in [0.5, 0.6) is 0 Å². The number of halogens is 2. The summed E-state index contributed by atoms with van der Waals surface area (Å²) in [5.41, 5.74) is -0.205. The van der Waals surface area contributed by atoms with Gasteiger partial charge >= 0.3 is 0 Å². The van der Waals surface area contributed by atoms with Gasteiger partial charge in [0.25, 0.3) is 0 Å². The lowest BCUT2D eigenvalue weighted by molar-refractivity contribution is 0.174. The van der Waals surface area contributed by atoms with Gasteiger partial charge in [-0.1, -0.05) is 64.3 Å². The quantitative estimate of drug-likeness (QED) is 0.441. The van der Waals surface area contributed by atoms with Crippen LogP contribution in [0.25, 0.3) is 0 Å². The Kier molecular flexibility index (Phi) is 5.56. The van der Waals surface area contributed by atoms with Gasteiger partial charge in [0.1, 0.15) is 23.0 Å². The first-order chi connectivity index (χ1) is 9.62. The number of furan rings is 1. The van der Waals surface area contributed by atoms with E-state index in [9.17, 15) is 0 Å². The molecule has 0 amide bonds. The molecule has 2 rings (SSSR count). The third-order valence-electron chi connectivity index (χ3n) is 3.92. The number of ether oxygens (including phenoxy) is 1. The lowest BCUT2D eigenvalue weighted by atomic mass is 9.71. The maximum Gasteiger partial charge on any atom is 0.117 e. The molecule has 0 bridgehead atoms. The first kappa shape index (κ1) is 15.9. The molecule has 1 fully saturated rings. The van der Waals surface area contributed by atoms with E-state index < -0.39 is 0 Å². The lowest BCUT2D eigenvalue weighted by Crippen LogP contribution is -2.31. The first-order valence-electron chi connectivity index (χ1n) is 6.88. The summed E-state index contributed by atoms with van der Waals surface area (Å²) >= 11 is 6.79. The van der Waals surface area contributed by atoms with Crippen molar-refractivity contribution in [2.45, 2.75) is 42.8 Å². The van der Waals surface area contributed by atoms with Crippen molar-refractivity contribution >= 4 is 31.9 Å². The van der Waals surface area contributed by atoms with E-state index in [0.717, 1.165) is 35.5 Å². The van der Waals surface area contributed by atoms with Crippen LogP contribution in [0.15, 0.2) is 41.2 Å². The number of alkyl halides is 2. The highest BCUT2D eigenvalue weighted by Gasteiger charge is 2.41. The summed E-state index contributed by atoms with van der Waals surface area (Å²) in [5, 5.41) is 1.34. The molecule has 1 aromatic rings. The molecule has 0 radical (unpaired) electrons. The summed E-state index contributed by atoms with van der Waals surface area (Å²) in [4.78, 5) is 0. The third kappa shape index (κ3) is 3.22. The molecule has 1 saturated carbocycles. The monoisotopic (exact) mass is 402 g/mol. The lowest BCUT2D eigenvalue weighted by Gasteiger charge is -2.36. The summed E-state index contributed by atoms with van der Waals surface area (Å²) in [5.74, 6) is 3.36. The summed E-state index contributed by atoms with van der Waals surface area (Å²) < 4.78 is 11.8. The molecule has 0 N–H and O–H groups in total. The Hall–Kier alpha value is -0.480. The summed E-state index contributed by atoms with van der Waals surface area (Å²) in [6.07, 6.45) is 5.66. The van der Waals surface area contributed by atoms with Crippen LogP contribution in [0.2, 0.25) is 0 Å². The van der Waals surface area contributed by atoms with Crippen molar-refractivity contribution < 1.29 is 9.15 Å². The van der Waals surface area contributed by atoms with Crippen molar-refractivity contribution in [2.75, 3.05) is 5.33 Å². The molecule has 0 spiro atoms. The van der Waals surface area contributed by atoms with Crippen molar-refractivity contribution in [3.63, 3.8) is 0 Å². The minimum atomic E-state index is -0.205. The van der Waals surface area contributed by atoms with E-state index in [2.05, 4.69) is 51.1 Å².